The Labute approximate surface area is 94.3 Å². The average molecular weight is 220 g/mol. The third-order valence-corrected chi connectivity index (χ3v) is 3.21. The second kappa shape index (κ2) is 4.51. The molecule has 86 valence electrons. The predicted octanol–water partition coefficient (Wildman–Crippen LogP) is 1.37. The molecule has 0 saturated carbocycles. The molecule has 4 nitrogen and oxygen atoms in total. The molecule has 16 heavy (non-hydrogen) atoms. The largest absolute Gasteiger partial charge is 0.338 e. The first-order valence-corrected chi connectivity index (χ1v) is 5.62. The van der Waals surface area contributed by atoms with Crippen LogP contribution in [0.25, 0.3) is 0 Å². The Morgan fingerprint density at radius 2 is 2.31 bits per heavy atom. The molecule has 0 aromatic carbocycles. The molecule has 1 aromatic heterocycles. The lowest BCUT2D eigenvalue weighted by Gasteiger charge is -2.33. The predicted molar refractivity (Wildman–Crippen MR) is 61.2 cm³/mol. The normalized spacial score (nSPS) is 20.8. The summed E-state index contributed by atoms with van der Waals surface area (Å²) in [7, 11) is 0. The van der Waals surface area contributed by atoms with Crippen LogP contribution in [0.2, 0.25) is 0 Å². The van der Waals surface area contributed by atoms with Crippen LogP contribution in [0.3, 0.4) is 0 Å². The van der Waals surface area contributed by atoms with Crippen LogP contribution in [-0.2, 0) is 4.79 Å². The van der Waals surface area contributed by atoms with Crippen LogP contribution in [0.4, 0.5) is 0 Å². The summed E-state index contributed by atoms with van der Waals surface area (Å²) in [4.78, 5) is 26.6. The van der Waals surface area contributed by atoms with Gasteiger partial charge in [0, 0.05) is 18.8 Å². The molecule has 1 N–H and O–H groups in total. The zero-order chi connectivity index (χ0) is 11.5. The van der Waals surface area contributed by atoms with Crippen molar-refractivity contribution in [2.75, 3.05) is 6.54 Å². The molecule has 1 aliphatic heterocycles. The van der Waals surface area contributed by atoms with Gasteiger partial charge in [-0.25, -0.2) is 0 Å². The lowest BCUT2D eigenvalue weighted by molar-refractivity contribution is -0.121. The van der Waals surface area contributed by atoms with E-state index in [1.54, 1.807) is 12.3 Å². The van der Waals surface area contributed by atoms with E-state index in [0.29, 0.717) is 0 Å². The second-order valence-electron chi connectivity index (χ2n) is 4.29. The zero-order valence-corrected chi connectivity index (χ0v) is 9.40. The van der Waals surface area contributed by atoms with Gasteiger partial charge < -0.3 is 9.88 Å². The molecule has 1 aromatic rings. The maximum Gasteiger partial charge on any atom is 0.248 e. The van der Waals surface area contributed by atoms with Crippen molar-refractivity contribution in [3.63, 3.8) is 0 Å². The number of aromatic amines is 1. The number of hydrogen-bond donors (Lipinski definition) is 1. The zero-order valence-electron chi connectivity index (χ0n) is 9.40. The molecule has 1 aliphatic rings. The van der Waals surface area contributed by atoms with Gasteiger partial charge >= 0.3 is 0 Å². The first-order chi connectivity index (χ1) is 7.72. The summed E-state index contributed by atoms with van der Waals surface area (Å²) >= 11 is 0. The molecule has 1 unspecified atom stereocenters. The molecular weight excluding hydrogens is 204 g/mol. The summed E-state index contributed by atoms with van der Waals surface area (Å²) in [5, 5.41) is 0. The third kappa shape index (κ3) is 2.01. The van der Waals surface area contributed by atoms with Crippen LogP contribution in [-0.4, -0.2) is 22.8 Å². The second-order valence-corrected chi connectivity index (χ2v) is 4.29. The third-order valence-electron chi connectivity index (χ3n) is 3.21. The van der Waals surface area contributed by atoms with E-state index >= 15 is 0 Å². The van der Waals surface area contributed by atoms with Gasteiger partial charge in [0.2, 0.25) is 12.0 Å². The van der Waals surface area contributed by atoms with Gasteiger partial charge in [-0.2, -0.15) is 0 Å². The standard InChI is InChI=1S/C12H16N2O2/c1-9-6-12(16)13-7-10(9)11-4-2-3-5-14(11)8-15/h6-8,11H,2-5H2,1H3,(H,13,16). The van der Waals surface area contributed by atoms with Crippen LogP contribution >= 0.6 is 0 Å². The van der Waals surface area contributed by atoms with Crippen LogP contribution < -0.4 is 5.56 Å². The summed E-state index contributed by atoms with van der Waals surface area (Å²) in [6.45, 7) is 2.73. The Hall–Kier alpha value is -1.58. The van der Waals surface area contributed by atoms with Crippen molar-refractivity contribution >= 4 is 6.41 Å². The lowest BCUT2D eigenvalue weighted by Crippen LogP contribution is -2.33. The van der Waals surface area contributed by atoms with Gasteiger partial charge in [0.25, 0.3) is 0 Å². The summed E-state index contributed by atoms with van der Waals surface area (Å²) in [5.41, 5.74) is 1.93. The van der Waals surface area contributed by atoms with Gasteiger partial charge in [-0.05, 0) is 37.3 Å². The van der Waals surface area contributed by atoms with Crippen LogP contribution in [0.15, 0.2) is 17.1 Å². The van der Waals surface area contributed by atoms with Crippen LogP contribution in [0, 0.1) is 6.92 Å². The summed E-state index contributed by atoms with van der Waals surface area (Å²) in [5.74, 6) is 0. The van der Waals surface area contributed by atoms with Crippen LogP contribution in [0.5, 0.6) is 0 Å². The van der Waals surface area contributed by atoms with E-state index in [9.17, 15) is 9.59 Å². The minimum atomic E-state index is -0.0882. The van der Waals surface area contributed by atoms with Gasteiger partial charge in [0.05, 0.1) is 6.04 Å². The van der Waals surface area contributed by atoms with E-state index in [1.807, 2.05) is 11.8 Å². The van der Waals surface area contributed by atoms with Gasteiger partial charge in [-0.1, -0.05) is 0 Å². The highest BCUT2D eigenvalue weighted by Crippen LogP contribution is 2.30. The van der Waals surface area contributed by atoms with Gasteiger partial charge in [0.1, 0.15) is 0 Å². The molecule has 0 aliphatic carbocycles. The number of H-pyrrole nitrogens is 1. The summed E-state index contributed by atoms with van der Waals surface area (Å²) in [6, 6.07) is 1.72. The Kier molecular flexibility index (Phi) is 3.08. The Morgan fingerprint density at radius 3 is 3.00 bits per heavy atom. The number of piperidine rings is 1. The molecular formula is C12H16N2O2. The van der Waals surface area contributed by atoms with Gasteiger partial charge in [-0.15, -0.1) is 0 Å². The van der Waals surface area contributed by atoms with Crippen molar-refractivity contribution in [2.24, 2.45) is 0 Å². The Balaban J connectivity index is 2.34. The fraction of sp³-hybridized carbons (Fsp3) is 0.500. The summed E-state index contributed by atoms with van der Waals surface area (Å²) < 4.78 is 0. The molecule has 1 fully saturated rings. The number of carbonyl (C=O) groups excluding carboxylic acids is 1. The van der Waals surface area contributed by atoms with E-state index in [2.05, 4.69) is 4.98 Å². The fourth-order valence-electron chi connectivity index (χ4n) is 2.36. The number of nitrogens with one attached hydrogen (secondary N) is 1. The molecule has 0 bridgehead atoms. The Bertz CT molecular complexity index is 439. The molecule has 4 heteroatoms. The quantitative estimate of drug-likeness (QED) is 0.765. The molecule has 1 atom stereocenters. The number of pyridine rings is 1. The Morgan fingerprint density at radius 1 is 1.50 bits per heavy atom. The first kappa shape index (κ1) is 10.9. The van der Waals surface area contributed by atoms with Crippen molar-refractivity contribution in [3.8, 4) is 0 Å². The van der Waals surface area contributed by atoms with E-state index in [1.165, 1.54) is 0 Å². The number of amides is 1. The number of likely N-dealkylation sites (tertiary alicyclic amines) is 1. The molecule has 1 saturated heterocycles. The fourth-order valence-corrected chi connectivity index (χ4v) is 2.36. The highest BCUT2D eigenvalue weighted by molar-refractivity contribution is 5.49. The highest BCUT2D eigenvalue weighted by Gasteiger charge is 2.23. The minimum Gasteiger partial charge on any atom is -0.338 e. The molecule has 2 heterocycles. The van der Waals surface area contributed by atoms with Crippen molar-refractivity contribution in [1.29, 1.82) is 0 Å². The van der Waals surface area contributed by atoms with Crippen molar-refractivity contribution in [2.45, 2.75) is 32.2 Å². The van der Waals surface area contributed by atoms with Crippen molar-refractivity contribution < 1.29 is 4.79 Å². The van der Waals surface area contributed by atoms with E-state index in [4.69, 9.17) is 0 Å². The average Bonchev–Trinajstić information content (AvgIpc) is 2.29. The highest BCUT2D eigenvalue weighted by atomic mass is 16.1. The monoisotopic (exact) mass is 220 g/mol. The number of rotatable bonds is 2. The van der Waals surface area contributed by atoms with E-state index in [-0.39, 0.29) is 11.6 Å². The molecule has 1 amide bonds. The number of carbonyl (C=O) groups is 1. The van der Waals surface area contributed by atoms with E-state index in [0.717, 1.165) is 43.3 Å². The number of hydrogen-bond acceptors (Lipinski definition) is 2. The maximum absolute atomic E-state index is 11.1. The van der Waals surface area contributed by atoms with Gasteiger partial charge in [-0.3, -0.25) is 9.59 Å². The molecule has 0 spiro atoms. The molecule has 2 rings (SSSR count). The topological polar surface area (TPSA) is 53.2 Å². The number of nitrogens with zero attached hydrogens (tertiary/aromatic N) is 1. The lowest BCUT2D eigenvalue weighted by atomic mass is 9.94. The molecule has 0 radical (unpaired) electrons. The van der Waals surface area contributed by atoms with Crippen LogP contribution in [0.1, 0.15) is 36.4 Å². The van der Waals surface area contributed by atoms with Crippen molar-refractivity contribution in [1.82, 2.24) is 9.88 Å². The van der Waals surface area contributed by atoms with Gasteiger partial charge in [0.15, 0.2) is 0 Å². The number of aryl methyl sites for hydroxylation is 1. The number of aromatic nitrogens is 1. The van der Waals surface area contributed by atoms with Crippen molar-refractivity contribution in [3.05, 3.63) is 33.7 Å². The maximum atomic E-state index is 11.1. The summed E-state index contributed by atoms with van der Waals surface area (Å²) in [6.07, 6.45) is 5.83. The smallest absolute Gasteiger partial charge is 0.248 e. The minimum absolute atomic E-state index is 0.0882. The first-order valence-electron chi connectivity index (χ1n) is 5.62. The SMILES string of the molecule is Cc1cc(=O)[nH]cc1C1CCCCN1C=O. The van der Waals surface area contributed by atoms with E-state index < -0.39 is 0 Å².